The molecule has 0 radical (unpaired) electrons. The van der Waals surface area contributed by atoms with Crippen molar-refractivity contribution in [3.8, 4) is 0 Å². The lowest BCUT2D eigenvalue weighted by Crippen LogP contribution is -2.60. The molecule has 3 rings (SSSR count). The number of nitrogens with zero attached hydrogens (tertiary/aromatic N) is 3. The summed E-state index contributed by atoms with van der Waals surface area (Å²) in [5.41, 5.74) is 0.602. The van der Waals surface area contributed by atoms with E-state index in [1.807, 2.05) is 4.90 Å². The van der Waals surface area contributed by atoms with Gasteiger partial charge in [0.1, 0.15) is 6.04 Å². The van der Waals surface area contributed by atoms with Gasteiger partial charge in [-0.25, -0.2) is 14.4 Å². The summed E-state index contributed by atoms with van der Waals surface area (Å²) in [7, 11) is 3.71. The summed E-state index contributed by atoms with van der Waals surface area (Å²) >= 11 is 5.89. The molecule has 2 fully saturated rings. The van der Waals surface area contributed by atoms with Crippen LogP contribution in [0.5, 0.6) is 0 Å². The Morgan fingerprint density at radius 3 is 1.73 bits per heavy atom. The van der Waals surface area contributed by atoms with Crippen molar-refractivity contribution < 1.29 is 60.5 Å². The van der Waals surface area contributed by atoms with Gasteiger partial charge in [-0.2, -0.15) is 26.3 Å². The Labute approximate surface area is 260 Å². The van der Waals surface area contributed by atoms with Gasteiger partial charge in [-0.05, 0) is 64.2 Å². The van der Waals surface area contributed by atoms with Gasteiger partial charge in [0, 0.05) is 50.0 Å². The van der Waals surface area contributed by atoms with Gasteiger partial charge in [0.15, 0.2) is 0 Å². The largest absolute Gasteiger partial charge is 0.490 e. The topological polar surface area (TPSA) is 152 Å². The van der Waals surface area contributed by atoms with Crippen molar-refractivity contribution in [1.82, 2.24) is 20.0 Å². The van der Waals surface area contributed by atoms with Gasteiger partial charge < -0.3 is 35.4 Å². The molecule has 19 heteroatoms. The van der Waals surface area contributed by atoms with Gasteiger partial charge in [-0.1, -0.05) is 11.6 Å². The van der Waals surface area contributed by atoms with E-state index in [0.717, 1.165) is 26.2 Å². The number of carboxylic acids is 2. The van der Waals surface area contributed by atoms with Gasteiger partial charge in [0.2, 0.25) is 5.91 Å². The minimum atomic E-state index is -5.08. The number of piperazine rings is 1. The molecule has 2 aliphatic heterocycles. The molecule has 1 aromatic rings. The first kappa shape index (κ1) is 39.7. The molecule has 0 aromatic heterocycles. The number of rotatable bonds is 6. The van der Waals surface area contributed by atoms with Crippen LogP contribution in [0, 0.1) is 0 Å². The maximum Gasteiger partial charge on any atom is 0.490 e. The Morgan fingerprint density at radius 2 is 1.33 bits per heavy atom. The van der Waals surface area contributed by atoms with Crippen LogP contribution in [0.2, 0.25) is 5.02 Å². The Morgan fingerprint density at radius 1 is 0.889 bits per heavy atom. The number of carbonyl (C=O) groups is 4. The zero-order chi connectivity index (χ0) is 34.5. The molecule has 3 amide bonds. The van der Waals surface area contributed by atoms with E-state index in [2.05, 4.69) is 27.5 Å². The first-order valence-corrected chi connectivity index (χ1v) is 13.8. The molecule has 2 saturated heterocycles. The minimum Gasteiger partial charge on any atom is -0.475 e. The van der Waals surface area contributed by atoms with Crippen molar-refractivity contribution in [3.63, 3.8) is 0 Å². The zero-order valence-electron chi connectivity index (χ0n) is 24.6. The molecule has 0 saturated carbocycles. The summed E-state index contributed by atoms with van der Waals surface area (Å²) in [4.78, 5) is 50.2. The van der Waals surface area contributed by atoms with E-state index in [1.54, 1.807) is 38.3 Å². The van der Waals surface area contributed by atoms with Crippen LogP contribution in [0.15, 0.2) is 24.3 Å². The van der Waals surface area contributed by atoms with Crippen LogP contribution in [0.3, 0.4) is 0 Å². The van der Waals surface area contributed by atoms with E-state index in [0.29, 0.717) is 29.8 Å². The van der Waals surface area contributed by atoms with Crippen LogP contribution in [0.4, 0.5) is 36.8 Å². The molecule has 0 spiro atoms. The maximum absolute atomic E-state index is 13.2. The monoisotopic (exact) mass is 679 g/mol. The second-order valence-corrected chi connectivity index (χ2v) is 10.5. The van der Waals surface area contributed by atoms with Gasteiger partial charge in [0.25, 0.3) is 0 Å². The molecule has 45 heavy (non-hydrogen) atoms. The quantitative estimate of drug-likeness (QED) is 0.332. The van der Waals surface area contributed by atoms with E-state index in [-0.39, 0.29) is 5.91 Å². The second-order valence-electron chi connectivity index (χ2n) is 10.0. The van der Waals surface area contributed by atoms with Crippen LogP contribution in [-0.2, 0) is 19.1 Å². The number of carboxylic acid groups (broad SMARTS) is 2. The zero-order valence-corrected chi connectivity index (χ0v) is 25.4. The number of urea groups is 1. The summed E-state index contributed by atoms with van der Waals surface area (Å²) in [6.45, 7) is 7.11. The van der Waals surface area contributed by atoms with Crippen molar-refractivity contribution >= 4 is 41.2 Å². The Bertz CT molecular complexity index is 1090. The molecule has 1 aromatic carbocycles. The molecule has 2 atom stereocenters. The SMILES string of the molecule is CO[C@H](C)[C@@H](NC(=O)Nc1ccc(Cl)cc1)C(=O)N1CCN(C2CCN(C)CC2)CC1.O=C(O)C(F)(F)F.O=C(O)C(F)(F)F. The van der Waals surface area contributed by atoms with Gasteiger partial charge in [-0.3, -0.25) is 9.69 Å². The molecule has 0 unspecified atom stereocenters. The standard InChI is InChI=1S/C22H34ClN5O3.2C2HF3O2/c1-16(31-3)20(25-22(30)24-18-6-4-17(23)5-7-18)21(29)28-14-12-27(13-15-28)19-8-10-26(2)11-9-19;2*3-2(4,5)1(6)7/h4-7,16,19-20H,8-15H2,1-3H3,(H2,24,25,30);2*(H,6,7)/t16-,20-;;/m1../s1. The first-order valence-electron chi connectivity index (χ1n) is 13.4. The van der Waals surface area contributed by atoms with Gasteiger partial charge in [-0.15, -0.1) is 0 Å². The van der Waals surface area contributed by atoms with Crippen molar-refractivity contribution in [2.45, 2.75) is 50.3 Å². The molecule has 2 aliphatic rings. The minimum absolute atomic E-state index is 0.108. The van der Waals surface area contributed by atoms with Crippen LogP contribution in [0.1, 0.15) is 19.8 Å². The highest BCUT2D eigenvalue weighted by molar-refractivity contribution is 6.30. The smallest absolute Gasteiger partial charge is 0.475 e. The van der Waals surface area contributed by atoms with Crippen molar-refractivity contribution in [3.05, 3.63) is 29.3 Å². The number of hydrogen-bond acceptors (Lipinski definition) is 7. The molecule has 0 aliphatic carbocycles. The number of ether oxygens (including phenoxy) is 1. The summed E-state index contributed by atoms with van der Waals surface area (Å²) in [5, 5.41) is 20.4. The third-order valence-electron chi connectivity index (χ3n) is 6.81. The van der Waals surface area contributed by atoms with Crippen LogP contribution >= 0.6 is 11.6 Å². The number of piperidine rings is 1. The fourth-order valence-electron chi connectivity index (χ4n) is 4.22. The number of aliphatic carboxylic acids is 2. The van der Waals surface area contributed by atoms with Crippen molar-refractivity contribution in [1.29, 1.82) is 0 Å². The van der Waals surface area contributed by atoms with E-state index >= 15 is 0 Å². The third-order valence-corrected chi connectivity index (χ3v) is 7.06. The van der Waals surface area contributed by atoms with Crippen LogP contribution < -0.4 is 10.6 Å². The van der Waals surface area contributed by atoms with Gasteiger partial charge in [0.05, 0.1) is 6.10 Å². The number of carbonyl (C=O) groups excluding carboxylic acids is 2. The van der Waals surface area contributed by atoms with E-state index < -0.39 is 42.5 Å². The molecular weight excluding hydrogens is 644 g/mol. The predicted octanol–water partition coefficient (Wildman–Crippen LogP) is 3.37. The lowest BCUT2D eigenvalue weighted by Gasteiger charge is -2.43. The molecular formula is C26H36ClF6N5O7. The molecule has 2 heterocycles. The van der Waals surface area contributed by atoms with Crippen LogP contribution in [-0.4, -0.2) is 133 Å². The molecule has 12 nitrogen and oxygen atoms in total. The number of benzene rings is 1. The first-order chi connectivity index (χ1) is 20.8. The Balaban J connectivity index is 0.000000601. The average Bonchev–Trinajstić information content (AvgIpc) is 2.96. The summed E-state index contributed by atoms with van der Waals surface area (Å²) < 4.78 is 68.9. The third kappa shape index (κ3) is 14.5. The van der Waals surface area contributed by atoms with Gasteiger partial charge >= 0.3 is 30.3 Å². The number of halogens is 7. The highest BCUT2D eigenvalue weighted by atomic mass is 35.5. The fourth-order valence-corrected chi connectivity index (χ4v) is 4.35. The van der Waals surface area contributed by atoms with Crippen LogP contribution in [0.25, 0.3) is 0 Å². The van der Waals surface area contributed by atoms with E-state index in [4.69, 9.17) is 36.1 Å². The lowest BCUT2D eigenvalue weighted by molar-refractivity contribution is -0.193. The van der Waals surface area contributed by atoms with Crippen molar-refractivity contribution in [2.24, 2.45) is 0 Å². The normalized spacial score (nSPS) is 17.9. The maximum atomic E-state index is 13.2. The number of hydrogen-bond donors (Lipinski definition) is 4. The lowest BCUT2D eigenvalue weighted by atomic mass is 10.0. The predicted molar refractivity (Wildman–Crippen MR) is 150 cm³/mol. The average molecular weight is 680 g/mol. The molecule has 0 bridgehead atoms. The Kier molecular flexibility index (Phi) is 15.8. The van der Waals surface area contributed by atoms with Crippen molar-refractivity contribution in [2.75, 3.05) is 58.7 Å². The number of amides is 3. The van der Waals surface area contributed by atoms with E-state index in [1.165, 1.54) is 12.8 Å². The summed E-state index contributed by atoms with van der Waals surface area (Å²) in [6, 6.07) is 6.21. The second kappa shape index (κ2) is 18.0. The molecule has 4 N–H and O–H groups in total. The number of alkyl halides is 6. The number of likely N-dealkylation sites (tertiary alicyclic amines) is 1. The highest BCUT2D eigenvalue weighted by Gasteiger charge is 2.39. The van der Waals surface area contributed by atoms with E-state index in [9.17, 15) is 35.9 Å². The Hall–Kier alpha value is -3.35. The molecule has 256 valence electrons. The summed E-state index contributed by atoms with van der Waals surface area (Å²) in [6.07, 6.45) is -8.25. The highest BCUT2D eigenvalue weighted by Crippen LogP contribution is 2.19. The number of nitrogens with one attached hydrogen (secondary N) is 2. The summed E-state index contributed by atoms with van der Waals surface area (Å²) in [5.74, 6) is -5.62. The fraction of sp³-hybridized carbons (Fsp3) is 0.615. The number of anilines is 1. The number of methoxy groups -OCH3 is 1.